The van der Waals surface area contributed by atoms with E-state index in [2.05, 4.69) is 48.0 Å². The molecule has 1 aliphatic rings. The molecule has 1 fully saturated rings. The highest BCUT2D eigenvalue weighted by molar-refractivity contribution is 5.71. The fraction of sp³-hybridized carbons (Fsp3) is 0.625. The summed E-state index contributed by atoms with van der Waals surface area (Å²) < 4.78 is 0. The minimum atomic E-state index is 1.15. The fourth-order valence-electron chi connectivity index (χ4n) is 2.70. The molecule has 0 atom stereocenters. The van der Waals surface area contributed by atoms with Crippen LogP contribution < -0.4 is 9.80 Å². The molecular weight excluding hydrogens is 220 g/mol. The summed E-state index contributed by atoms with van der Waals surface area (Å²) in [5, 5.41) is 0. The number of piperidine rings is 1. The molecule has 0 aliphatic carbocycles. The van der Waals surface area contributed by atoms with Crippen molar-refractivity contribution >= 4 is 11.4 Å². The lowest BCUT2D eigenvalue weighted by atomic mass is 10.1. The highest BCUT2D eigenvalue weighted by atomic mass is 15.2. The van der Waals surface area contributed by atoms with Gasteiger partial charge in [0.05, 0.1) is 11.4 Å². The second-order valence-corrected chi connectivity index (χ2v) is 5.31. The van der Waals surface area contributed by atoms with E-state index >= 15 is 0 Å². The van der Waals surface area contributed by atoms with Crippen LogP contribution in [0, 0.1) is 0 Å². The lowest BCUT2D eigenvalue weighted by Crippen LogP contribution is -2.31. The van der Waals surface area contributed by atoms with E-state index in [1.807, 2.05) is 0 Å². The summed E-state index contributed by atoms with van der Waals surface area (Å²) in [6, 6.07) is 8.87. The summed E-state index contributed by atoms with van der Waals surface area (Å²) in [6.45, 7) is 5.85. The standard InChI is InChI=1S/C16H26N2/c1-3-4-12-17(2)15-10-6-7-11-16(15)18-13-8-5-9-14-18/h6-7,10-11H,3-5,8-9,12-14H2,1-2H3. The summed E-state index contributed by atoms with van der Waals surface area (Å²) in [6.07, 6.45) is 6.60. The summed E-state index contributed by atoms with van der Waals surface area (Å²) in [7, 11) is 2.22. The minimum absolute atomic E-state index is 1.15. The second-order valence-electron chi connectivity index (χ2n) is 5.31. The van der Waals surface area contributed by atoms with E-state index in [4.69, 9.17) is 0 Å². The Hall–Kier alpha value is -1.18. The largest absolute Gasteiger partial charge is 0.373 e. The van der Waals surface area contributed by atoms with Gasteiger partial charge in [-0.15, -0.1) is 0 Å². The van der Waals surface area contributed by atoms with Crippen LogP contribution in [0.1, 0.15) is 39.0 Å². The zero-order valence-corrected chi connectivity index (χ0v) is 11.9. The number of rotatable bonds is 5. The molecule has 1 aromatic rings. The first-order valence-corrected chi connectivity index (χ1v) is 7.38. The Morgan fingerprint density at radius 3 is 2.56 bits per heavy atom. The molecule has 1 aromatic carbocycles. The number of benzene rings is 1. The molecule has 18 heavy (non-hydrogen) atoms. The normalized spacial score (nSPS) is 15.8. The maximum Gasteiger partial charge on any atom is 0.0603 e. The molecule has 100 valence electrons. The molecule has 1 aliphatic heterocycles. The van der Waals surface area contributed by atoms with E-state index in [1.54, 1.807) is 0 Å². The number of para-hydroxylation sites is 2. The van der Waals surface area contributed by atoms with Gasteiger partial charge in [0.1, 0.15) is 0 Å². The first-order chi connectivity index (χ1) is 8.83. The molecule has 0 radical (unpaired) electrons. The van der Waals surface area contributed by atoms with Gasteiger partial charge in [0.2, 0.25) is 0 Å². The van der Waals surface area contributed by atoms with Gasteiger partial charge in [-0.3, -0.25) is 0 Å². The van der Waals surface area contributed by atoms with Crippen LogP contribution in [0.15, 0.2) is 24.3 Å². The molecule has 2 heteroatoms. The van der Waals surface area contributed by atoms with E-state index in [1.165, 1.54) is 56.6 Å². The van der Waals surface area contributed by atoms with Crippen LogP contribution in [-0.2, 0) is 0 Å². The molecule has 1 saturated heterocycles. The van der Waals surface area contributed by atoms with Crippen molar-refractivity contribution in [2.45, 2.75) is 39.0 Å². The SMILES string of the molecule is CCCCN(C)c1ccccc1N1CCCCC1. The highest BCUT2D eigenvalue weighted by Crippen LogP contribution is 2.30. The van der Waals surface area contributed by atoms with Crippen LogP contribution in [0.4, 0.5) is 11.4 Å². The molecule has 0 unspecified atom stereocenters. The van der Waals surface area contributed by atoms with Gasteiger partial charge in [0.15, 0.2) is 0 Å². The van der Waals surface area contributed by atoms with E-state index < -0.39 is 0 Å². The van der Waals surface area contributed by atoms with Gasteiger partial charge in [-0.05, 0) is 37.8 Å². The Balaban J connectivity index is 2.13. The minimum Gasteiger partial charge on any atom is -0.373 e. The van der Waals surface area contributed by atoms with E-state index in [-0.39, 0.29) is 0 Å². The van der Waals surface area contributed by atoms with Crippen molar-refractivity contribution in [1.82, 2.24) is 0 Å². The number of anilines is 2. The zero-order valence-electron chi connectivity index (χ0n) is 11.9. The molecule has 0 spiro atoms. The summed E-state index contributed by atoms with van der Waals surface area (Å²) >= 11 is 0. The Morgan fingerprint density at radius 1 is 1.11 bits per heavy atom. The van der Waals surface area contributed by atoms with Gasteiger partial charge < -0.3 is 9.80 Å². The molecule has 0 aromatic heterocycles. The van der Waals surface area contributed by atoms with Crippen LogP contribution >= 0.6 is 0 Å². The number of unbranched alkanes of at least 4 members (excludes halogenated alkanes) is 1. The van der Waals surface area contributed by atoms with E-state index in [0.717, 1.165) is 6.54 Å². The Bertz CT molecular complexity index is 356. The molecule has 0 saturated carbocycles. The van der Waals surface area contributed by atoms with Crippen LogP contribution in [0.3, 0.4) is 0 Å². The van der Waals surface area contributed by atoms with Gasteiger partial charge in [0, 0.05) is 26.7 Å². The maximum atomic E-state index is 2.56. The predicted molar refractivity (Wildman–Crippen MR) is 80.7 cm³/mol. The fourth-order valence-corrected chi connectivity index (χ4v) is 2.70. The summed E-state index contributed by atoms with van der Waals surface area (Å²) in [5.41, 5.74) is 2.82. The number of hydrogen-bond donors (Lipinski definition) is 0. The van der Waals surface area contributed by atoms with Crippen molar-refractivity contribution in [3.8, 4) is 0 Å². The Kier molecular flexibility index (Phi) is 4.91. The van der Waals surface area contributed by atoms with Gasteiger partial charge in [-0.1, -0.05) is 25.5 Å². The monoisotopic (exact) mass is 246 g/mol. The summed E-state index contributed by atoms with van der Waals surface area (Å²) in [4.78, 5) is 4.97. The zero-order chi connectivity index (χ0) is 12.8. The second kappa shape index (κ2) is 6.67. The lowest BCUT2D eigenvalue weighted by molar-refractivity contribution is 0.577. The van der Waals surface area contributed by atoms with Gasteiger partial charge >= 0.3 is 0 Å². The lowest BCUT2D eigenvalue weighted by Gasteiger charge is -2.33. The van der Waals surface area contributed by atoms with Crippen molar-refractivity contribution in [3.63, 3.8) is 0 Å². The van der Waals surface area contributed by atoms with Gasteiger partial charge in [-0.25, -0.2) is 0 Å². The number of hydrogen-bond acceptors (Lipinski definition) is 2. The molecule has 0 bridgehead atoms. The van der Waals surface area contributed by atoms with Crippen molar-refractivity contribution < 1.29 is 0 Å². The highest BCUT2D eigenvalue weighted by Gasteiger charge is 2.15. The molecule has 1 heterocycles. The van der Waals surface area contributed by atoms with Gasteiger partial charge in [0.25, 0.3) is 0 Å². The first-order valence-electron chi connectivity index (χ1n) is 7.38. The number of nitrogens with zero attached hydrogens (tertiary/aromatic N) is 2. The van der Waals surface area contributed by atoms with E-state index in [9.17, 15) is 0 Å². The van der Waals surface area contributed by atoms with Crippen molar-refractivity contribution in [1.29, 1.82) is 0 Å². The van der Waals surface area contributed by atoms with Crippen molar-refractivity contribution in [2.24, 2.45) is 0 Å². The molecule has 0 amide bonds. The Morgan fingerprint density at radius 2 is 1.83 bits per heavy atom. The summed E-state index contributed by atoms with van der Waals surface area (Å²) in [5.74, 6) is 0. The first kappa shape index (κ1) is 13.3. The molecule has 2 rings (SSSR count). The predicted octanol–water partition coefficient (Wildman–Crippen LogP) is 3.91. The quantitative estimate of drug-likeness (QED) is 0.777. The van der Waals surface area contributed by atoms with Crippen molar-refractivity contribution in [3.05, 3.63) is 24.3 Å². The topological polar surface area (TPSA) is 6.48 Å². The maximum absolute atomic E-state index is 2.56. The van der Waals surface area contributed by atoms with Crippen LogP contribution in [0.5, 0.6) is 0 Å². The third-order valence-corrected chi connectivity index (χ3v) is 3.84. The smallest absolute Gasteiger partial charge is 0.0603 e. The molecule has 0 N–H and O–H groups in total. The Labute approximate surface area is 112 Å². The molecular formula is C16H26N2. The van der Waals surface area contributed by atoms with Crippen LogP contribution in [0.25, 0.3) is 0 Å². The van der Waals surface area contributed by atoms with Crippen molar-refractivity contribution in [2.75, 3.05) is 36.5 Å². The van der Waals surface area contributed by atoms with Crippen LogP contribution in [0.2, 0.25) is 0 Å². The third-order valence-electron chi connectivity index (χ3n) is 3.84. The average molecular weight is 246 g/mol. The van der Waals surface area contributed by atoms with E-state index in [0.29, 0.717) is 0 Å². The van der Waals surface area contributed by atoms with Gasteiger partial charge in [-0.2, -0.15) is 0 Å². The third kappa shape index (κ3) is 3.18. The van der Waals surface area contributed by atoms with Crippen LogP contribution in [-0.4, -0.2) is 26.7 Å². The molecule has 2 nitrogen and oxygen atoms in total. The average Bonchev–Trinajstić information content (AvgIpc) is 2.45.